The number of hydrogen-bond donors (Lipinski definition) is 3. The van der Waals surface area contributed by atoms with Crippen LogP contribution >= 0.6 is 0 Å². The van der Waals surface area contributed by atoms with Crippen LogP contribution in [0.25, 0.3) is 0 Å². The highest BCUT2D eigenvalue weighted by atomic mass is 16.6. The van der Waals surface area contributed by atoms with Crippen molar-refractivity contribution in [3.63, 3.8) is 0 Å². The summed E-state index contributed by atoms with van der Waals surface area (Å²) in [6, 6.07) is 16.8. The number of nitrogens with one attached hydrogen (secondary N) is 1. The third kappa shape index (κ3) is 6.48. The van der Waals surface area contributed by atoms with E-state index in [-0.39, 0.29) is 30.4 Å². The van der Waals surface area contributed by atoms with Crippen LogP contribution in [0.15, 0.2) is 71.8 Å². The molecule has 1 heterocycles. The quantitative estimate of drug-likeness (QED) is 0.181. The molecule has 3 fully saturated rings. The van der Waals surface area contributed by atoms with Gasteiger partial charge in [0, 0.05) is 38.2 Å². The Hall–Kier alpha value is -4.10. The number of esters is 3. The van der Waals surface area contributed by atoms with E-state index in [1.807, 2.05) is 44.2 Å². The fourth-order valence-corrected chi connectivity index (χ4v) is 10.3. The molecule has 55 heavy (non-hydrogen) atoms. The van der Waals surface area contributed by atoms with Gasteiger partial charge in [-0.15, -0.1) is 0 Å². The third-order valence-electron chi connectivity index (χ3n) is 13.5. The summed E-state index contributed by atoms with van der Waals surface area (Å²) in [6.45, 7) is 13.5. The van der Waals surface area contributed by atoms with Crippen LogP contribution in [0.3, 0.4) is 0 Å². The van der Waals surface area contributed by atoms with Gasteiger partial charge in [-0.25, -0.2) is 4.79 Å². The van der Waals surface area contributed by atoms with Gasteiger partial charge in [-0.1, -0.05) is 76.2 Å². The van der Waals surface area contributed by atoms with Crippen molar-refractivity contribution in [2.45, 2.75) is 116 Å². The first-order valence-electron chi connectivity index (χ1n) is 19.1. The fourth-order valence-electron chi connectivity index (χ4n) is 10.3. The Morgan fingerprint density at radius 3 is 2.13 bits per heavy atom. The van der Waals surface area contributed by atoms with Gasteiger partial charge in [0.1, 0.15) is 30.0 Å². The molecule has 1 amide bonds. The van der Waals surface area contributed by atoms with Gasteiger partial charge in [-0.3, -0.25) is 14.4 Å². The van der Waals surface area contributed by atoms with Crippen molar-refractivity contribution in [3.8, 4) is 0 Å². The molecule has 1 saturated heterocycles. The molecule has 4 aliphatic rings. The molecule has 298 valence electrons. The first kappa shape index (κ1) is 40.6. The molecule has 2 aromatic carbocycles. The molecule has 12 nitrogen and oxygen atoms in total. The van der Waals surface area contributed by atoms with Crippen LogP contribution in [0.4, 0.5) is 0 Å². The molecule has 0 radical (unpaired) electrons. The number of fused-ring (bicyclic) bond motifs is 5. The molecule has 3 aliphatic carbocycles. The van der Waals surface area contributed by atoms with Crippen molar-refractivity contribution in [2.75, 3.05) is 13.7 Å². The molecule has 1 aliphatic heterocycles. The van der Waals surface area contributed by atoms with Crippen molar-refractivity contribution in [1.29, 1.82) is 0 Å². The van der Waals surface area contributed by atoms with Crippen molar-refractivity contribution in [1.82, 2.24) is 5.32 Å². The molecule has 2 aromatic rings. The van der Waals surface area contributed by atoms with Crippen LogP contribution in [0.5, 0.6) is 0 Å². The molecule has 9 unspecified atom stereocenters. The summed E-state index contributed by atoms with van der Waals surface area (Å²) in [5.41, 5.74) is -3.84. The Morgan fingerprint density at radius 2 is 1.58 bits per heavy atom. The molecule has 6 rings (SSSR count). The van der Waals surface area contributed by atoms with Gasteiger partial charge >= 0.3 is 17.9 Å². The topological polar surface area (TPSA) is 167 Å². The molecule has 2 saturated carbocycles. The fraction of sp³-hybridized carbons (Fsp3) is 0.581. The van der Waals surface area contributed by atoms with E-state index < -0.39 is 88.3 Å². The second kappa shape index (κ2) is 14.8. The van der Waals surface area contributed by atoms with Crippen molar-refractivity contribution in [2.24, 2.45) is 28.6 Å². The zero-order valence-corrected chi connectivity index (χ0v) is 33.2. The number of hydrogen-bond acceptors (Lipinski definition) is 11. The van der Waals surface area contributed by atoms with E-state index in [4.69, 9.17) is 23.7 Å². The second-order valence-electron chi connectivity index (χ2n) is 16.8. The SMILES string of the molecule is COC1C2=C(C)C(OC(=O)[C@H](C)C(NC(C)=O)c3ccccc3)CC(O)(C(OC(=O)c3ccccc3)C3C4(OC(C)=O)COC4C[C@H](C)[C@@]3(C)C1O)C2(C)C. The molecule has 12 heteroatoms. The van der Waals surface area contributed by atoms with E-state index in [0.29, 0.717) is 23.1 Å². The van der Waals surface area contributed by atoms with Crippen molar-refractivity contribution < 1.29 is 53.1 Å². The predicted octanol–water partition coefficient (Wildman–Crippen LogP) is 4.87. The van der Waals surface area contributed by atoms with E-state index in [1.54, 1.807) is 58.0 Å². The lowest BCUT2D eigenvalue weighted by Crippen LogP contribution is -2.81. The molecule has 3 N–H and O–H groups in total. The number of amides is 1. The third-order valence-corrected chi connectivity index (χ3v) is 13.5. The Morgan fingerprint density at radius 1 is 0.964 bits per heavy atom. The van der Waals surface area contributed by atoms with Crippen molar-refractivity contribution >= 4 is 23.8 Å². The summed E-state index contributed by atoms with van der Waals surface area (Å²) in [4.78, 5) is 53.8. The molecule has 12 atom stereocenters. The number of aliphatic hydroxyl groups excluding tert-OH is 1. The lowest BCUT2D eigenvalue weighted by molar-refractivity contribution is -0.359. The first-order valence-corrected chi connectivity index (χ1v) is 19.1. The number of methoxy groups -OCH3 is 1. The minimum Gasteiger partial charge on any atom is -0.457 e. The van der Waals surface area contributed by atoms with E-state index in [0.717, 1.165) is 0 Å². The largest absolute Gasteiger partial charge is 0.457 e. The number of rotatable bonds is 9. The number of aliphatic hydroxyl groups is 2. The van der Waals surface area contributed by atoms with E-state index in [9.17, 15) is 29.4 Å². The molecular formula is C43H55NO11. The summed E-state index contributed by atoms with van der Waals surface area (Å²) in [6.07, 6.45) is -5.23. The highest BCUT2D eigenvalue weighted by Crippen LogP contribution is 2.66. The van der Waals surface area contributed by atoms with Gasteiger partial charge in [0.05, 0.1) is 36.2 Å². The van der Waals surface area contributed by atoms with Crippen LogP contribution in [0.1, 0.15) is 90.2 Å². The maximum Gasteiger partial charge on any atom is 0.338 e. The average molecular weight is 762 g/mol. The summed E-state index contributed by atoms with van der Waals surface area (Å²) >= 11 is 0. The van der Waals surface area contributed by atoms with Gasteiger partial charge in [0.2, 0.25) is 5.91 Å². The second-order valence-corrected chi connectivity index (χ2v) is 16.8. The highest BCUT2D eigenvalue weighted by molar-refractivity contribution is 5.89. The zero-order valence-electron chi connectivity index (χ0n) is 33.2. The number of carbonyl (C=O) groups excluding carboxylic acids is 4. The summed E-state index contributed by atoms with van der Waals surface area (Å²) < 4.78 is 31.4. The summed E-state index contributed by atoms with van der Waals surface area (Å²) in [5, 5.41) is 29.4. The Balaban J connectivity index is 1.54. The zero-order chi connectivity index (χ0) is 40.2. The summed E-state index contributed by atoms with van der Waals surface area (Å²) in [7, 11) is 1.48. The van der Waals surface area contributed by atoms with Gasteiger partial charge < -0.3 is 39.2 Å². The van der Waals surface area contributed by atoms with Crippen LogP contribution in [-0.4, -0.2) is 89.5 Å². The van der Waals surface area contributed by atoms with Crippen LogP contribution < -0.4 is 5.32 Å². The van der Waals surface area contributed by atoms with E-state index >= 15 is 0 Å². The molecule has 0 aromatic heterocycles. The number of carbonyl (C=O) groups is 4. The maximum absolute atomic E-state index is 14.2. The lowest BCUT2D eigenvalue weighted by Gasteiger charge is -2.69. The molecular weight excluding hydrogens is 706 g/mol. The highest BCUT2D eigenvalue weighted by Gasteiger charge is 2.77. The average Bonchev–Trinajstić information content (AvgIpc) is 3.14. The summed E-state index contributed by atoms with van der Waals surface area (Å²) in [5.74, 6) is -4.46. The van der Waals surface area contributed by atoms with Crippen LogP contribution in [0, 0.1) is 28.6 Å². The van der Waals surface area contributed by atoms with Crippen molar-refractivity contribution in [3.05, 3.63) is 82.9 Å². The lowest BCUT2D eigenvalue weighted by atomic mass is 9.43. The molecule has 2 bridgehead atoms. The standard InChI is InChI=1S/C43H55NO11/c1-23-20-31-42(22-52-31,55-27(5)46)35-37(54-39(49)29-18-14-11-15-19-29)43(50)21-30(24(2)32(40(43,6)7)34(51-9)36(47)41(23,35)8)53-38(48)25(3)33(44-26(4)45)28-16-12-10-13-17-28/h10-19,23,25,30-31,33-37,47,50H,20-22H2,1-9H3,(H,44,45)/t23-,25+,30?,31?,33?,34?,35?,36?,37?,41+,42?,43?/m0/s1. The van der Waals surface area contributed by atoms with Crippen LogP contribution in [-0.2, 0) is 38.1 Å². The number of ether oxygens (including phenoxy) is 5. The monoisotopic (exact) mass is 761 g/mol. The predicted molar refractivity (Wildman–Crippen MR) is 200 cm³/mol. The van der Waals surface area contributed by atoms with E-state index in [1.165, 1.54) is 21.0 Å². The van der Waals surface area contributed by atoms with Crippen LogP contribution in [0.2, 0.25) is 0 Å². The van der Waals surface area contributed by atoms with Gasteiger partial charge in [0.15, 0.2) is 5.60 Å². The maximum atomic E-state index is 14.2. The smallest absolute Gasteiger partial charge is 0.338 e. The Bertz CT molecular complexity index is 1830. The number of benzene rings is 2. The van der Waals surface area contributed by atoms with Gasteiger partial charge in [0.25, 0.3) is 0 Å². The van der Waals surface area contributed by atoms with E-state index in [2.05, 4.69) is 5.32 Å². The Kier molecular flexibility index (Phi) is 10.9. The minimum absolute atomic E-state index is 0.0494. The first-order chi connectivity index (χ1) is 25.8. The van der Waals surface area contributed by atoms with Gasteiger partial charge in [-0.2, -0.15) is 0 Å². The van der Waals surface area contributed by atoms with Gasteiger partial charge in [-0.05, 0) is 55.0 Å². The molecule has 0 spiro atoms. The Labute approximate surface area is 322 Å². The normalized spacial score (nSPS) is 35.9. The minimum atomic E-state index is -2.01.